The van der Waals surface area contributed by atoms with Crippen molar-refractivity contribution in [2.75, 3.05) is 16.8 Å². The van der Waals surface area contributed by atoms with Crippen LogP contribution in [0.15, 0.2) is 30.5 Å². The molecule has 3 atom stereocenters. The lowest BCUT2D eigenvalue weighted by Crippen LogP contribution is -2.50. The number of nitrogens with one attached hydrogen (secondary N) is 2. The minimum absolute atomic E-state index is 0.00258. The molecule has 2 amide bonds. The van der Waals surface area contributed by atoms with Crippen LogP contribution in [0.3, 0.4) is 0 Å². The summed E-state index contributed by atoms with van der Waals surface area (Å²) in [6.07, 6.45) is 7.54. The van der Waals surface area contributed by atoms with Crippen LogP contribution in [0, 0.1) is 18.3 Å². The van der Waals surface area contributed by atoms with E-state index < -0.39 is 5.91 Å². The van der Waals surface area contributed by atoms with Crippen molar-refractivity contribution in [2.24, 2.45) is 17.1 Å². The lowest BCUT2D eigenvalue weighted by atomic mass is 9.95. The number of hydrogen-bond acceptors (Lipinski definition) is 6. The Hall–Kier alpha value is -3.42. The normalized spacial score (nSPS) is 22.7. The van der Waals surface area contributed by atoms with E-state index in [2.05, 4.69) is 41.3 Å². The highest BCUT2D eigenvalue weighted by molar-refractivity contribution is 6.03. The Labute approximate surface area is 224 Å². The Balaban J connectivity index is 1.27. The van der Waals surface area contributed by atoms with Crippen molar-refractivity contribution in [3.05, 3.63) is 52.7 Å². The van der Waals surface area contributed by atoms with Crippen molar-refractivity contribution in [2.45, 2.75) is 84.3 Å². The van der Waals surface area contributed by atoms with Crippen molar-refractivity contribution in [3.63, 3.8) is 0 Å². The number of carbonyl (C=O) groups excluding carboxylic acids is 3. The molecule has 2 bridgehead atoms. The monoisotopic (exact) mass is 517 g/mol. The van der Waals surface area contributed by atoms with Gasteiger partial charge >= 0.3 is 0 Å². The Kier molecular flexibility index (Phi) is 6.92. The zero-order chi connectivity index (χ0) is 27.2. The SMILES string of the molecule is Cc1cc(C(N)=O)c(NCC(C)(C)C)cc1C(=O)N[C@H]1C[C@H]2CC[C@@H](C1)N2c1ccc(C(=O)C2CC2)cn1. The second kappa shape index (κ2) is 10.0. The first-order valence-corrected chi connectivity index (χ1v) is 13.8. The second-order valence-corrected chi connectivity index (χ2v) is 12.5. The van der Waals surface area contributed by atoms with Crippen molar-refractivity contribution in [1.82, 2.24) is 10.3 Å². The molecule has 1 aromatic carbocycles. The van der Waals surface area contributed by atoms with Gasteiger partial charge in [0.2, 0.25) is 0 Å². The van der Waals surface area contributed by atoms with Crippen LogP contribution in [-0.4, -0.2) is 47.3 Å². The van der Waals surface area contributed by atoms with E-state index >= 15 is 0 Å². The Bertz CT molecular complexity index is 1230. The topological polar surface area (TPSA) is 117 Å². The number of ketones is 1. The van der Waals surface area contributed by atoms with E-state index in [4.69, 9.17) is 5.73 Å². The highest BCUT2D eigenvalue weighted by Gasteiger charge is 2.42. The van der Waals surface area contributed by atoms with Crippen LogP contribution in [0.5, 0.6) is 0 Å². The highest BCUT2D eigenvalue weighted by Crippen LogP contribution is 2.39. The Morgan fingerprint density at radius 2 is 1.71 bits per heavy atom. The molecule has 2 aromatic rings. The molecule has 8 nitrogen and oxygen atoms in total. The van der Waals surface area contributed by atoms with Crippen LogP contribution in [-0.2, 0) is 0 Å². The van der Waals surface area contributed by atoms with Gasteiger partial charge in [0.05, 0.1) is 5.56 Å². The number of rotatable bonds is 8. The van der Waals surface area contributed by atoms with Crippen molar-refractivity contribution in [3.8, 4) is 0 Å². The number of nitrogens with zero attached hydrogens (tertiary/aromatic N) is 2. The molecule has 38 heavy (non-hydrogen) atoms. The highest BCUT2D eigenvalue weighted by atomic mass is 16.2. The lowest BCUT2D eigenvalue weighted by Gasteiger charge is -2.40. The van der Waals surface area contributed by atoms with Crippen molar-refractivity contribution < 1.29 is 14.4 Å². The van der Waals surface area contributed by atoms with Gasteiger partial charge in [0.1, 0.15) is 5.82 Å². The van der Waals surface area contributed by atoms with Crippen LogP contribution < -0.4 is 21.3 Å². The predicted molar refractivity (Wildman–Crippen MR) is 149 cm³/mol. The summed E-state index contributed by atoms with van der Waals surface area (Å²) in [6, 6.07) is 8.04. The van der Waals surface area contributed by atoms with Gasteiger partial charge < -0.3 is 21.3 Å². The molecule has 1 aliphatic carbocycles. The average Bonchev–Trinajstić information content (AvgIpc) is 3.67. The Morgan fingerprint density at radius 3 is 2.26 bits per heavy atom. The third-order valence-electron chi connectivity index (χ3n) is 8.00. The number of hydrogen-bond donors (Lipinski definition) is 3. The molecule has 3 fully saturated rings. The van der Waals surface area contributed by atoms with Gasteiger partial charge in [0.15, 0.2) is 5.78 Å². The number of fused-ring (bicyclic) bond motifs is 2. The second-order valence-electron chi connectivity index (χ2n) is 12.5. The first-order chi connectivity index (χ1) is 18.0. The minimum atomic E-state index is -0.515. The summed E-state index contributed by atoms with van der Waals surface area (Å²) in [5.41, 5.74) is 8.60. The van der Waals surface area contributed by atoms with Crippen LogP contribution in [0.25, 0.3) is 0 Å². The maximum atomic E-state index is 13.4. The van der Waals surface area contributed by atoms with E-state index in [9.17, 15) is 14.4 Å². The molecule has 2 aliphatic heterocycles. The summed E-state index contributed by atoms with van der Waals surface area (Å²) < 4.78 is 0. The van der Waals surface area contributed by atoms with E-state index in [-0.39, 0.29) is 29.1 Å². The molecule has 0 unspecified atom stereocenters. The van der Waals surface area contributed by atoms with E-state index in [1.54, 1.807) is 18.3 Å². The fourth-order valence-electron chi connectivity index (χ4n) is 5.86. The molecular weight excluding hydrogens is 478 g/mol. The summed E-state index contributed by atoms with van der Waals surface area (Å²) in [4.78, 5) is 44.9. The van der Waals surface area contributed by atoms with E-state index in [0.29, 0.717) is 41.0 Å². The fourth-order valence-corrected chi connectivity index (χ4v) is 5.86. The molecule has 3 aliphatic rings. The van der Waals surface area contributed by atoms with Gasteiger partial charge in [-0.25, -0.2) is 4.98 Å². The summed E-state index contributed by atoms with van der Waals surface area (Å²) in [7, 11) is 0. The molecule has 0 spiro atoms. The molecule has 202 valence electrons. The standard InChI is InChI=1S/C30H39N5O3/c1-17-11-24(28(31)37)25(33-16-30(2,3)4)14-23(17)29(38)34-20-12-21-8-9-22(13-20)35(21)26-10-7-19(15-32-26)27(36)18-5-6-18/h7,10-11,14-15,18,20-22,33H,5-6,8-9,12-13,16H2,1-4H3,(H2,31,37)(H,34,38)/t20-,21+,22-. The van der Waals surface area contributed by atoms with E-state index in [1.165, 1.54) is 0 Å². The third-order valence-corrected chi connectivity index (χ3v) is 8.00. The molecule has 1 aromatic heterocycles. The van der Waals surface area contributed by atoms with Gasteiger partial charge in [-0.05, 0) is 80.7 Å². The van der Waals surface area contributed by atoms with Crippen LogP contribution in [0.1, 0.15) is 95.9 Å². The number of carbonyl (C=O) groups is 3. The van der Waals surface area contributed by atoms with Gasteiger partial charge in [-0.3, -0.25) is 14.4 Å². The number of aryl methyl sites for hydroxylation is 1. The largest absolute Gasteiger partial charge is 0.384 e. The maximum absolute atomic E-state index is 13.4. The molecular formula is C30H39N5O3. The van der Waals surface area contributed by atoms with E-state index in [1.807, 2.05) is 19.1 Å². The predicted octanol–water partition coefficient (Wildman–Crippen LogP) is 4.47. The molecule has 8 heteroatoms. The number of Topliss-reactive ketones (excluding diaryl/α,β-unsaturated/α-hetero) is 1. The van der Waals surface area contributed by atoms with E-state index in [0.717, 1.165) is 49.9 Å². The number of pyridine rings is 1. The maximum Gasteiger partial charge on any atom is 0.251 e. The minimum Gasteiger partial charge on any atom is -0.384 e. The van der Waals surface area contributed by atoms with Gasteiger partial charge in [-0.1, -0.05) is 20.8 Å². The van der Waals surface area contributed by atoms with Gasteiger partial charge in [-0.15, -0.1) is 0 Å². The first kappa shape index (κ1) is 26.2. The molecule has 5 rings (SSSR count). The van der Waals surface area contributed by atoms with Crippen LogP contribution in [0.2, 0.25) is 0 Å². The molecule has 2 saturated heterocycles. The molecule has 4 N–H and O–H groups in total. The number of primary amides is 1. The number of nitrogens with two attached hydrogens (primary N) is 1. The van der Waals surface area contributed by atoms with Crippen molar-refractivity contribution >= 4 is 29.1 Å². The number of amides is 2. The number of piperidine rings is 1. The molecule has 0 radical (unpaired) electrons. The number of aromatic nitrogens is 1. The van der Waals surface area contributed by atoms with Gasteiger partial charge in [0, 0.05) is 53.6 Å². The summed E-state index contributed by atoms with van der Waals surface area (Å²) in [6.45, 7) is 8.78. The smallest absolute Gasteiger partial charge is 0.251 e. The molecule has 1 saturated carbocycles. The fraction of sp³-hybridized carbons (Fsp3) is 0.533. The van der Waals surface area contributed by atoms with Crippen LogP contribution >= 0.6 is 0 Å². The van der Waals surface area contributed by atoms with Crippen molar-refractivity contribution in [1.29, 1.82) is 0 Å². The zero-order valence-corrected chi connectivity index (χ0v) is 22.8. The summed E-state index contributed by atoms with van der Waals surface area (Å²) >= 11 is 0. The Morgan fingerprint density at radius 1 is 1.03 bits per heavy atom. The summed E-state index contributed by atoms with van der Waals surface area (Å²) in [5.74, 6) is 0.681. The van der Waals surface area contributed by atoms with Gasteiger partial charge in [-0.2, -0.15) is 0 Å². The zero-order valence-electron chi connectivity index (χ0n) is 22.8. The van der Waals surface area contributed by atoms with Gasteiger partial charge in [0.25, 0.3) is 11.8 Å². The molecule has 3 heterocycles. The summed E-state index contributed by atoms with van der Waals surface area (Å²) in [5, 5.41) is 6.58. The first-order valence-electron chi connectivity index (χ1n) is 13.8. The quantitative estimate of drug-likeness (QED) is 0.445. The number of anilines is 2. The number of benzene rings is 1. The van der Waals surface area contributed by atoms with Crippen LogP contribution in [0.4, 0.5) is 11.5 Å². The average molecular weight is 518 g/mol. The third kappa shape index (κ3) is 5.54. The lowest BCUT2D eigenvalue weighted by molar-refractivity contribution is 0.0923.